The van der Waals surface area contributed by atoms with E-state index in [1.807, 2.05) is 6.07 Å². The van der Waals surface area contributed by atoms with Gasteiger partial charge in [-0.25, -0.2) is 0 Å². The van der Waals surface area contributed by atoms with E-state index in [4.69, 9.17) is 10.3 Å². The average molecular weight is 248 g/mol. The number of hydrogen-bond donors (Lipinski definition) is 2. The van der Waals surface area contributed by atoms with Crippen molar-refractivity contribution in [3.63, 3.8) is 0 Å². The monoisotopic (exact) mass is 248 g/mol. The van der Waals surface area contributed by atoms with Gasteiger partial charge in [-0.05, 0) is 42.0 Å². The zero-order chi connectivity index (χ0) is 12.1. The summed E-state index contributed by atoms with van der Waals surface area (Å²) in [5.41, 5.74) is 5.17. The number of hydrazine groups is 1. The third-order valence-corrected chi connectivity index (χ3v) is 3.48. The van der Waals surface area contributed by atoms with E-state index in [0.717, 1.165) is 12.0 Å². The summed E-state index contributed by atoms with van der Waals surface area (Å²) >= 11 is 1.74. The maximum Gasteiger partial charge on any atom is 0.0935 e. The van der Waals surface area contributed by atoms with Crippen molar-refractivity contribution < 1.29 is 4.42 Å². The van der Waals surface area contributed by atoms with Gasteiger partial charge in [0.2, 0.25) is 0 Å². The molecule has 1 aromatic carbocycles. The van der Waals surface area contributed by atoms with E-state index in [0.29, 0.717) is 0 Å². The Kier molecular flexibility index (Phi) is 4.25. The van der Waals surface area contributed by atoms with E-state index in [-0.39, 0.29) is 6.04 Å². The van der Waals surface area contributed by atoms with Gasteiger partial charge in [-0.1, -0.05) is 12.1 Å². The van der Waals surface area contributed by atoms with Crippen LogP contribution in [-0.2, 0) is 6.42 Å². The van der Waals surface area contributed by atoms with E-state index in [9.17, 15) is 0 Å². The van der Waals surface area contributed by atoms with Crippen molar-refractivity contribution in [1.82, 2.24) is 5.43 Å². The summed E-state index contributed by atoms with van der Waals surface area (Å²) in [5, 5.41) is 0. The van der Waals surface area contributed by atoms with Gasteiger partial charge < -0.3 is 4.42 Å². The molecule has 1 unspecified atom stereocenters. The highest BCUT2D eigenvalue weighted by Gasteiger charge is 2.11. The molecule has 3 nitrogen and oxygen atoms in total. The van der Waals surface area contributed by atoms with Crippen LogP contribution in [0.5, 0.6) is 0 Å². The van der Waals surface area contributed by atoms with E-state index >= 15 is 0 Å². The number of furan rings is 1. The molecule has 0 spiro atoms. The second-order valence-corrected chi connectivity index (χ2v) is 4.71. The maximum atomic E-state index is 5.61. The molecule has 2 aromatic rings. The van der Waals surface area contributed by atoms with Crippen LogP contribution >= 0.6 is 11.8 Å². The van der Waals surface area contributed by atoms with Crippen molar-refractivity contribution in [2.75, 3.05) is 6.26 Å². The van der Waals surface area contributed by atoms with E-state index < -0.39 is 0 Å². The first-order chi connectivity index (χ1) is 8.33. The second-order valence-electron chi connectivity index (χ2n) is 3.83. The van der Waals surface area contributed by atoms with Crippen molar-refractivity contribution in [3.05, 3.63) is 54.0 Å². The highest BCUT2D eigenvalue weighted by atomic mass is 32.2. The molecule has 0 saturated heterocycles. The molecule has 90 valence electrons. The Morgan fingerprint density at radius 3 is 2.59 bits per heavy atom. The zero-order valence-corrected chi connectivity index (χ0v) is 10.5. The Balaban J connectivity index is 2.11. The molecule has 0 radical (unpaired) electrons. The lowest BCUT2D eigenvalue weighted by Gasteiger charge is -2.15. The summed E-state index contributed by atoms with van der Waals surface area (Å²) in [6, 6.07) is 10.5. The molecule has 1 atom stereocenters. The molecule has 0 saturated carbocycles. The molecular formula is C13H16N2OS. The van der Waals surface area contributed by atoms with Gasteiger partial charge in [-0.2, -0.15) is 0 Å². The fourth-order valence-corrected chi connectivity index (χ4v) is 2.16. The second kappa shape index (κ2) is 5.91. The predicted molar refractivity (Wildman–Crippen MR) is 70.7 cm³/mol. The standard InChI is InChI=1S/C13H16N2OS/c1-17-12-4-2-11(3-5-12)13(15-14)8-10-6-7-16-9-10/h2-7,9,13,15H,8,14H2,1H3. The average Bonchev–Trinajstić information content (AvgIpc) is 2.89. The summed E-state index contributed by atoms with van der Waals surface area (Å²) in [6.45, 7) is 0. The Labute approximate surface area is 105 Å². The summed E-state index contributed by atoms with van der Waals surface area (Å²) in [4.78, 5) is 1.26. The van der Waals surface area contributed by atoms with Gasteiger partial charge >= 0.3 is 0 Å². The smallest absolute Gasteiger partial charge is 0.0935 e. The maximum absolute atomic E-state index is 5.61. The third-order valence-electron chi connectivity index (χ3n) is 2.74. The molecule has 1 aromatic heterocycles. The largest absolute Gasteiger partial charge is 0.472 e. The van der Waals surface area contributed by atoms with Crippen LogP contribution in [0.1, 0.15) is 17.2 Å². The molecule has 2 rings (SSSR count). The van der Waals surface area contributed by atoms with Crippen LogP contribution in [0.15, 0.2) is 52.2 Å². The van der Waals surface area contributed by atoms with Gasteiger partial charge in [0.25, 0.3) is 0 Å². The van der Waals surface area contributed by atoms with Crippen molar-refractivity contribution >= 4 is 11.8 Å². The molecular weight excluding hydrogens is 232 g/mol. The van der Waals surface area contributed by atoms with Gasteiger partial charge in [-0.3, -0.25) is 11.3 Å². The lowest BCUT2D eigenvalue weighted by atomic mass is 10.0. The first kappa shape index (κ1) is 12.2. The minimum atomic E-state index is 0.114. The summed E-state index contributed by atoms with van der Waals surface area (Å²) in [6.07, 6.45) is 6.32. The molecule has 0 aliphatic carbocycles. The van der Waals surface area contributed by atoms with Gasteiger partial charge in [-0.15, -0.1) is 11.8 Å². The third kappa shape index (κ3) is 3.12. The first-order valence-electron chi connectivity index (χ1n) is 5.44. The molecule has 0 amide bonds. The van der Waals surface area contributed by atoms with Crippen molar-refractivity contribution in [1.29, 1.82) is 0 Å². The molecule has 1 heterocycles. The van der Waals surface area contributed by atoms with Gasteiger partial charge in [0.05, 0.1) is 18.6 Å². The van der Waals surface area contributed by atoms with Crippen LogP contribution in [0.3, 0.4) is 0 Å². The number of rotatable bonds is 5. The number of benzene rings is 1. The lowest BCUT2D eigenvalue weighted by Crippen LogP contribution is -2.29. The van der Waals surface area contributed by atoms with Gasteiger partial charge in [0.15, 0.2) is 0 Å². The van der Waals surface area contributed by atoms with Crippen LogP contribution in [-0.4, -0.2) is 6.26 Å². The van der Waals surface area contributed by atoms with Crippen LogP contribution in [0, 0.1) is 0 Å². The number of nitrogens with two attached hydrogens (primary N) is 1. The fraction of sp³-hybridized carbons (Fsp3) is 0.231. The summed E-state index contributed by atoms with van der Waals surface area (Å²) in [5.74, 6) is 5.61. The molecule has 4 heteroatoms. The highest BCUT2D eigenvalue weighted by molar-refractivity contribution is 7.98. The Hall–Kier alpha value is -1.23. The van der Waals surface area contributed by atoms with Crippen LogP contribution in [0.25, 0.3) is 0 Å². The highest BCUT2D eigenvalue weighted by Crippen LogP contribution is 2.21. The predicted octanol–water partition coefficient (Wildman–Crippen LogP) is 2.75. The molecule has 3 N–H and O–H groups in total. The minimum Gasteiger partial charge on any atom is -0.472 e. The molecule has 17 heavy (non-hydrogen) atoms. The number of hydrogen-bond acceptors (Lipinski definition) is 4. The van der Waals surface area contributed by atoms with Crippen molar-refractivity contribution in [3.8, 4) is 0 Å². The number of nitrogens with one attached hydrogen (secondary N) is 1. The zero-order valence-electron chi connectivity index (χ0n) is 9.72. The lowest BCUT2D eigenvalue weighted by molar-refractivity contribution is 0.535. The van der Waals surface area contributed by atoms with E-state index in [2.05, 4.69) is 35.9 Å². The molecule has 0 aliphatic heterocycles. The number of thioether (sulfide) groups is 1. The van der Waals surface area contributed by atoms with Crippen LogP contribution < -0.4 is 11.3 Å². The fourth-order valence-electron chi connectivity index (χ4n) is 1.75. The van der Waals surface area contributed by atoms with Crippen LogP contribution in [0.2, 0.25) is 0 Å². The van der Waals surface area contributed by atoms with Crippen molar-refractivity contribution in [2.24, 2.45) is 5.84 Å². The quantitative estimate of drug-likeness (QED) is 0.485. The molecule has 0 aliphatic rings. The molecule has 0 fully saturated rings. The Morgan fingerprint density at radius 2 is 2.06 bits per heavy atom. The van der Waals surface area contributed by atoms with Gasteiger partial charge in [0, 0.05) is 4.90 Å². The van der Waals surface area contributed by atoms with Crippen molar-refractivity contribution in [2.45, 2.75) is 17.4 Å². The summed E-state index contributed by atoms with van der Waals surface area (Å²) in [7, 11) is 0. The van der Waals surface area contributed by atoms with Crippen LogP contribution in [0.4, 0.5) is 0 Å². The Morgan fingerprint density at radius 1 is 1.29 bits per heavy atom. The normalized spacial score (nSPS) is 12.6. The Bertz CT molecular complexity index is 439. The molecule has 0 bridgehead atoms. The SMILES string of the molecule is CSc1ccc(C(Cc2ccoc2)NN)cc1. The topological polar surface area (TPSA) is 51.2 Å². The van der Waals surface area contributed by atoms with E-state index in [1.54, 1.807) is 24.3 Å². The van der Waals surface area contributed by atoms with E-state index in [1.165, 1.54) is 10.5 Å². The first-order valence-corrected chi connectivity index (χ1v) is 6.67. The van der Waals surface area contributed by atoms with Gasteiger partial charge in [0.1, 0.15) is 0 Å². The minimum absolute atomic E-state index is 0.114. The summed E-state index contributed by atoms with van der Waals surface area (Å²) < 4.78 is 5.06.